The molecule has 0 N–H and O–H groups in total. The maximum atomic E-state index is 3.96. The van der Waals surface area contributed by atoms with E-state index < -0.39 is 0 Å². The van der Waals surface area contributed by atoms with Crippen LogP contribution in [0.2, 0.25) is 0 Å². The van der Waals surface area contributed by atoms with Gasteiger partial charge in [0.25, 0.3) is 0 Å². The summed E-state index contributed by atoms with van der Waals surface area (Å²) >= 11 is 3.96. The van der Waals surface area contributed by atoms with Crippen LogP contribution in [0.5, 0.6) is 0 Å². The molecule has 0 aromatic heterocycles. The largest absolute Gasteiger partial charge is 0.0832 e. The van der Waals surface area contributed by atoms with Gasteiger partial charge in [0.15, 0.2) is 0 Å². The van der Waals surface area contributed by atoms with Crippen LogP contribution < -0.4 is 0 Å². The lowest BCUT2D eigenvalue weighted by atomic mass is 9.79. The average molecular weight is 329 g/mol. The fourth-order valence-corrected chi connectivity index (χ4v) is 4.12. The lowest BCUT2D eigenvalue weighted by Gasteiger charge is -2.29. The van der Waals surface area contributed by atoms with Gasteiger partial charge in [0, 0.05) is 10.7 Å². The lowest BCUT2D eigenvalue weighted by Crippen LogP contribution is -2.14. The highest BCUT2D eigenvalue weighted by molar-refractivity contribution is 9.09. The standard InChI is InChI=1S/C19H21Br/c1-2-14-10-12-16(13-11-14)19(20)18-9-5-7-15-6-3-4-8-17(15)18/h3-4,6,8,10-13,18-19H,2,5,7,9H2,1H3. The third-order valence-electron chi connectivity index (χ3n) is 4.48. The van der Waals surface area contributed by atoms with Crippen LogP contribution in [0, 0.1) is 0 Å². The molecular formula is C19H21Br. The van der Waals surface area contributed by atoms with E-state index in [2.05, 4.69) is 71.4 Å². The molecule has 3 rings (SSSR count). The first-order chi connectivity index (χ1) is 9.79. The molecule has 20 heavy (non-hydrogen) atoms. The zero-order valence-corrected chi connectivity index (χ0v) is 13.6. The molecule has 2 atom stereocenters. The van der Waals surface area contributed by atoms with E-state index in [-0.39, 0.29) is 0 Å². The first kappa shape index (κ1) is 13.9. The summed E-state index contributed by atoms with van der Waals surface area (Å²) in [5, 5.41) is 0. The molecule has 0 saturated carbocycles. The predicted octanol–water partition coefficient (Wildman–Crippen LogP) is 5.81. The van der Waals surface area contributed by atoms with Gasteiger partial charge in [-0.15, -0.1) is 0 Å². The molecule has 0 aliphatic heterocycles. The normalized spacial score (nSPS) is 19.4. The molecule has 0 heterocycles. The molecule has 0 saturated heterocycles. The van der Waals surface area contributed by atoms with Crippen molar-refractivity contribution in [2.24, 2.45) is 0 Å². The Labute approximate surface area is 130 Å². The average Bonchev–Trinajstić information content (AvgIpc) is 2.54. The first-order valence-electron chi connectivity index (χ1n) is 7.60. The van der Waals surface area contributed by atoms with Gasteiger partial charge in [-0.3, -0.25) is 0 Å². The van der Waals surface area contributed by atoms with E-state index in [1.54, 1.807) is 11.1 Å². The topological polar surface area (TPSA) is 0 Å². The van der Waals surface area contributed by atoms with Crippen LogP contribution in [0.15, 0.2) is 48.5 Å². The number of halogens is 1. The molecule has 0 amide bonds. The van der Waals surface area contributed by atoms with Crippen LogP contribution in [0.1, 0.15) is 52.8 Å². The number of benzene rings is 2. The van der Waals surface area contributed by atoms with Crippen LogP contribution in [-0.2, 0) is 12.8 Å². The molecule has 0 bridgehead atoms. The summed E-state index contributed by atoms with van der Waals surface area (Å²) in [6.45, 7) is 2.21. The molecule has 1 heteroatoms. The summed E-state index contributed by atoms with van der Waals surface area (Å²) < 4.78 is 0. The van der Waals surface area contributed by atoms with Gasteiger partial charge in [0.1, 0.15) is 0 Å². The van der Waals surface area contributed by atoms with Gasteiger partial charge in [-0.25, -0.2) is 0 Å². The molecule has 2 aromatic rings. The summed E-state index contributed by atoms with van der Waals surface area (Å²) in [5.41, 5.74) is 5.90. The monoisotopic (exact) mass is 328 g/mol. The summed E-state index contributed by atoms with van der Waals surface area (Å²) in [4.78, 5) is 0.426. The number of hydrogen-bond acceptors (Lipinski definition) is 0. The molecule has 0 spiro atoms. The van der Waals surface area contributed by atoms with E-state index in [0.717, 1.165) is 6.42 Å². The second kappa shape index (κ2) is 6.13. The Morgan fingerprint density at radius 1 is 1.10 bits per heavy atom. The summed E-state index contributed by atoms with van der Waals surface area (Å²) in [5.74, 6) is 0.604. The molecule has 1 aliphatic carbocycles. The summed E-state index contributed by atoms with van der Waals surface area (Å²) in [6.07, 6.45) is 4.93. The van der Waals surface area contributed by atoms with Gasteiger partial charge in [0.05, 0.1) is 0 Å². The first-order valence-corrected chi connectivity index (χ1v) is 8.52. The lowest BCUT2D eigenvalue weighted by molar-refractivity contribution is 0.547. The van der Waals surface area contributed by atoms with Crippen molar-refractivity contribution in [3.05, 3.63) is 70.8 Å². The van der Waals surface area contributed by atoms with E-state index in [1.807, 2.05) is 0 Å². The zero-order valence-electron chi connectivity index (χ0n) is 12.0. The summed E-state index contributed by atoms with van der Waals surface area (Å²) in [7, 11) is 0. The van der Waals surface area contributed by atoms with Gasteiger partial charge in [-0.05, 0) is 47.9 Å². The van der Waals surface area contributed by atoms with E-state index in [9.17, 15) is 0 Å². The van der Waals surface area contributed by atoms with Crippen molar-refractivity contribution in [1.29, 1.82) is 0 Å². The van der Waals surface area contributed by atoms with E-state index in [0.29, 0.717) is 10.7 Å². The van der Waals surface area contributed by atoms with E-state index >= 15 is 0 Å². The highest BCUT2D eigenvalue weighted by Gasteiger charge is 2.26. The maximum Gasteiger partial charge on any atom is 0.0463 e. The molecule has 2 unspecified atom stereocenters. The highest BCUT2D eigenvalue weighted by Crippen LogP contribution is 2.44. The minimum absolute atomic E-state index is 0.426. The number of rotatable bonds is 3. The van der Waals surface area contributed by atoms with Crippen molar-refractivity contribution in [2.75, 3.05) is 0 Å². The number of fused-ring (bicyclic) bond motifs is 1. The highest BCUT2D eigenvalue weighted by atomic mass is 79.9. The van der Waals surface area contributed by atoms with Crippen LogP contribution in [0.25, 0.3) is 0 Å². The SMILES string of the molecule is CCc1ccc(C(Br)C2CCCc3ccccc32)cc1. The molecule has 0 radical (unpaired) electrons. The Hall–Kier alpha value is -1.08. The fourth-order valence-electron chi connectivity index (χ4n) is 3.26. The zero-order chi connectivity index (χ0) is 13.9. The van der Waals surface area contributed by atoms with Gasteiger partial charge in [-0.2, -0.15) is 0 Å². The van der Waals surface area contributed by atoms with Crippen LogP contribution in [-0.4, -0.2) is 0 Å². The predicted molar refractivity (Wildman–Crippen MR) is 89.6 cm³/mol. The Morgan fingerprint density at radius 3 is 2.60 bits per heavy atom. The third kappa shape index (κ3) is 2.69. The Kier molecular flexibility index (Phi) is 4.26. The van der Waals surface area contributed by atoms with Crippen molar-refractivity contribution in [2.45, 2.75) is 43.4 Å². The minimum atomic E-state index is 0.426. The number of alkyl halides is 1. The minimum Gasteiger partial charge on any atom is -0.0832 e. The van der Waals surface area contributed by atoms with Crippen molar-refractivity contribution in [1.82, 2.24) is 0 Å². The number of hydrogen-bond donors (Lipinski definition) is 0. The molecule has 2 aromatic carbocycles. The van der Waals surface area contributed by atoms with Crippen molar-refractivity contribution >= 4 is 15.9 Å². The second-order valence-corrected chi connectivity index (χ2v) is 6.68. The molecule has 1 aliphatic rings. The van der Waals surface area contributed by atoms with E-state index in [1.165, 1.54) is 30.4 Å². The van der Waals surface area contributed by atoms with Gasteiger partial charge in [0.2, 0.25) is 0 Å². The van der Waals surface area contributed by atoms with Crippen molar-refractivity contribution < 1.29 is 0 Å². The van der Waals surface area contributed by atoms with Crippen molar-refractivity contribution in [3.63, 3.8) is 0 Å². The smallest absolute Gasteiger partial charge is 0.0463 e. The van der Waals surface area contributed by atoms with E-state index in [4.69, 9.17) is 0 Å². The molecule has 0 fully saturated rings. The third-order valence-corrected chi connectivity index (χ3v) is 5.64. The molecule has 0 nitrogen and oxygen atoms in total. The van der Waals surface area contributed by atoms with Crippen LogP contribution in [0.4, 0.5) is 0 Å². The van der Waals surface area contributed by atoms with Crippen LogP contribution >= 0.6 is 15.9 Å². The molecular weight excluding hydrogens is 308 g/mol. The van der Waals surface area contributed by atoms with Gasteiger partial charge < -0.3 is 0 Å². The molecule has 104 valence electrons. The second-order valence-electron chi connectivity index (χ2n) is 5.69. The van der Waals surface area contributed by atoms with Crippen LogP contribution in [0.3, 0.4) is 0 Å². The summed E-state index contributed by atoms with van der Waals surface area (Å²) in [6, 6.07) is 18.0. The Morgan fingerprint density at radius 2 is 1.85 bits per heavy atom. The maximum absolute atomic E-state index is 3.96. The Balaban J connectivity index is 1.89. The number of aryl methyl sites for hydroxylation is 2. The van der Waals surface area contributed by atoms with Gasteiger partial charge >= 0.3 is 0 Å². The quantitative estimate of drug-likeness (QED) is 0.624. The fraction of sp³-hybridized carbons (Fsp3) is 0.368. The Bertz CT molecular complexity index is 571. The van der Waals surface area contributed by atoms with Gasteiger partial charge in [-0.1, -0.05) is 71.4 Å². The van der Waals surface area contributed by atoms with Crippen molar-refractivity contribution in [3.8, 4) is 0 Å².